The van der Waals surface area contributed by atoms with Gasteiger partial charge >= 0.3 is 0 Å². The van der Waals surface area contributed by atoms with Crippen molar-refractivity contribution in [1.82, 2.24) is 0 Å². The zero-order valence-electron chi connectivity index (χ0n) is 3.44. The van der Waals surface area contributed by atoms with E-state index in [0.29, 0.717) is 0 Å². The number of hydrogen-bond acceptors (Lipinski definition) is 1. The monoisotopic (exact) mass is 211 g/mol. The average molecular weight is 211 g/mol. The maximum absolute atomic E-state index is 11.8. The van der Waals surface area contributed by atoms with Crippen LogP contribution in [-0.2, 0) is 0 Å². The number of halogens is 2. The van der Waals surface area contributed by atoms with Crippen LogP contribution in [0, 0.1) is 0 Å². The Morgan fingerprint density at radius 1 is 1.71 bits per heavy atom. The highest BCUT2D eigenvalue weighted by Crippen LogP contribution is 2.02. The molecule has 0 atom stereocenters. The Bertz CT molecular complexity index is 148. The Balaban J connectivity index is 2.82. The van der Waals surface area contributed by atoms with Crippen molar-refractivity contribution in [2.45, 2.75) is 0 Å². The van der Waals surface area contributed by atoms with E-state index in [2.05, 4.69) is 4.99 Å². The summed E-state index contributed by atoms with van der Waals surface area (Å²) in [4.78, 5) is 3.42. The molecule has 0 aromatic rings. The van der Waals surface area contributed by atoms with Gasteiger partial charge in [0.25, 0.3) is 0 Å². The first-order chi connectivity index (χ1) is 3.39. The van der Waals surface area contributed by atoms with Gasteiger partial charge in [0.2, 0.25) is 5.97 Å². The first-order valence-electron chi connectivity index (χ1n) is 1.73. The number of allylic oxidation sites excluding steroid dienone is 1. The third-order valence-electron chi connectivity index (χ3n) is 0.502. The third-order valence-corrected chi connectivity index (χ3v) is 1.88. The van der Waals surface area contributed by atoms with Crippen molar-refractivity contribution < 1.29 is 4.39 Å². The summed E-state index contributed by atoms with van der Waals surface area (Å²) >= 11 is -0.0455. The Kier molecular flexibility index (Phi) is 1.67. The fraction of sp³-hybridized carbons (Fsp3) is 0. The maximum atomic E-state index is 11.8. The molecule has 1 nitrogen and oxygen atoms in total. The van der Waals surface area contributed by atoms with Gasteiger partial charge in [0.1, 0.15) is 0 Å². The fourth-order valence-corrected chi connectivity index (χ4v) is 1.36. The van der Waals surface area contributed by atoms with Crippen LogP contribution < -0.4 is 0 Å². The molecule has 1 aliphatic heterocycles. The molecule has 0 unspecified atom stereocenters. The highest BCUT2D eigenvalue weighted by Gasteiger charge is 1.86. The summed E-state index contributed by atoms with van der Waals surface area (Å²) in [6.07, 6.45) is 1.41. The molecule has 0 aliphatic carbocycles. The van der Waals surface area contributed by atoms with Gasteiger partial charge in [0.05, 0.1) is 4.14 Å². The zero-order valence-corrected chi connectivity index (χ0v) is 5.59. The molecule has 0 radical (unpaired) electrons. The summed E-state index contributed by atoms with van der Waals surface area (Å²) in [6.45, 7) is 0. The highest BCUT2D eigenvalue weighted by atomic mass is 127. The Hall–Kier alpha value is -0.0600. The van der Waals surface area contributed by atoms with Crippen LogP contribution in [-0.4, -0.2) is 10.1 Å². The van der Waals surface area contributed by atoms with Crippen molar-refractivity contribution in [2.24, 2.45) is 4.99 Å². The molecule has 38 valence electrons. The van der Waals surface area contributed by atoms with Gasteiger partial charge in [0.15, 0.2) is 0 Å². The van der Waals surface area contributed by atoms with E-state index in [9.17, 15) is 4.39 Å². The molecule has 0 saturated heterocycles. The smallest absolute Gasteiger partial charge is 0.213 e. The zero-order chi connectivity index (χ0) is 5.11. The first kappa shape index (κ1) is 5.08. The molecule has 3 heteroatoms. The Labute approximate surface area is 50.7 Å². The van der Waals surface area contributed by atoms with Crippen LogP contribution in [0.15, 0.2) is 15.2 Å². The third kappa shape index (κ3) is 1.46. The fourth-order valence-electron chi connectivity index (χ4n) is 0.239. The number of aliphatic imine (C=N–C) groups is 1. The van der Waals surface area contributed by atoms with E-state index in [4.69, 9.17) is 0 Å². The van der Waals surface area contributed by atoms with Gasteiger partial charge < -0.3 is 0 Å². The summed E-state index contributed by atoms with van der Waals surface area (Å²) in [5.74, 6) is -0.369. The molecule has 1 heterocycles. The summed E-state index contributed by atoms with van der Waals surface area (Å²) in [6, 6.07) is 0. The molecule has 1 aliphatic rings. The van der Waals surface area contributed by atoms with E-state index >= 15 is 0 Å². The molecule has 0 fully saturated rings. The molecular formula is C4H3FIN. The first-order valence-corrected chi connectivity index (χ1v) is 4.22. The van der Waals surface area contributed by atoms with Crippen molar-refractivity contribution in [3.63, 3.8) is 0 Å². The van der Waals surface area contributed by atoms with E-state index in [0.717, 1.165) is 0 Å². The normalized spacial score (nSPS) is 18.1. The van der Waals surface area contributed by atoms with Crippen molar-refractivity contribution in [3.05, 3.63) is 10.2 Å². The summed E-state index contributed by atoms with van der Waals surface area (Å²) in [5, 5.41) is 0. The van der Waals surface area contributed by atoms with Gasteiger partial charge in [0, 0.05) is 0 Å². The second kappa shape index (κ2) is 2.30. The minimum atomic E-state index is -0.369. The van der Waals surface area contributed by atoms with Crippen LogP contribution in [0.4, 0.5) is 4.39 Å². The van der Waals surface area contributed by atoms with Crippen LogP contribution in [0.5, 0.6) is 0 Å². The minimum Gasteiger partial charge on any atom is -0.222 e. The van der Waals surface area contributed by atoms with Gasteiger partial charge in [-0.3, -0.25) is 0 Å². The van der Waals surface area contributed by atoms with Crippen LogP contribution in [0.2, 0.25) is 0 Å². The number of hydrogen-bond donors (Lipinski definition) is 0. The summed E-state index contributed by atoms with van der Waals surface area (Å²) in [7, 11) is 0. The molecule has 0 saturated carbocycles. The van der Waals surface area contributed by atoms with Crippen LogP contribution in [0.3, 0.4) is 0 Å². The van der Waals surface area contributed by atoms with Gasteiger partial charge in [-0.05, 0) is 10.2 Å². The van der Waals surface area contributed by atoms with E-state index in [1.807, 2.05) is 4.08 Å². The molecule has 0 amide bonds. The topological polar surface area (TPSA) is 12.4 Å². The van der Waals surface area contributed by atoms with Gasteiger partial charge in [-0.1, -0.05) is 20.7 Å². The molecule has 0 spiro atoms. The predicted molar refractivity (Wildman–Crippen MR) is 37.8 cm³/mol. The SMILES string of the molecule is FC1=NC=IC=C1. The standard InChI is InChI=1S/C4H3FIN/c5-4-1-2-6-3-7-4/h1-3H. The maximum Gasteiger partial charge on any atom is 0.213 e. The largest absolute Gasteiger partial charge is 0.222 e. The molecule has 1 rings (SSSR count). The van der Waals surface area contributed by atoms with Crippen LogP contribution in [0.1, 0.15) is 0 Å². The lowest BCUT2D eigenvalue weighted by atomic mass is 10.7. The summed E-state index contributed by atoms with van der Waals surface area (Å²) in [5.41, 5.74) is 0. The number of nitrogens with zero attached hydrogens (tertiary/aromatic N) is 1. The predicted octanol–water partition coefficient (Wildman–Crippen LogP) is 1.61. The van der Waals surface area contributed by atoms with Crippen molar-refractivity contribution in [1.29, 1.82) is 0 Å². The van der Waals surface area contributed by atoms with E-state index in [1.165, 1.54) is 6.08 Å². The van der Waals surface area contributed by atoms with Crippen LogP contribution >= 0.6 is 20.7 Å². The Morgan fingerprint density at radius 3 is 2.86 bits per heavy atom. The van der Waals surface area contributed by atoms with Gasteiger partial charge in [-0.15, -0.1) is 0 Å². The molecule has 0 bridgehead atoms. The van der Waals surface area contributed by atoms with E-state index in [-0.39, 0.29) is 26.7 Å². The van der Waals surface area contributed by atoms with Crippen LogP contribution in [0.25, 0.3) is 0 Å². The lowest BCUT2D eigenvalue weighted by molar-refractivity contribution is 0.817. The molecule has 0 aromatic heterocycles. The minimum absolute atomic E-state index is 0.0455. The lowest BCUT2D eigenvalue weighted by Gasteiger charge is -1.83. The van der Waals surface area contributed by atoms with E-state index in [1.54, 1.807) is 4.14 Å². The molecular weight excluding hydrogens is 208 g/mol. The van der Waals surface area contributed by atoms with Crippen molar-refractivity contribution in [3.8, 4) is 0 Å². The lowest BCUT2D eigenvalue weighted by Crippen LogP contribution is -1.81. The quantitative estimate of drug-likeness (QED) is 0.539. The second-order valence-corrected chi connectivity index (χ2v) is 2.96. The van der Waals surface area contributed by atoms with Gasteiger partial charge in [-0.25, -0.2) is 4.99 Å². The number of rotatable bonds is 0. The highest BCUT2D eigenvalue weighted by molar-refractivity contribution is 14.2. The molecule has 0 aromatic carbocycles. The average Bonchev–Trinajstić information content (AvgIpc) is 1.69. The molecule has 7 heavy (non-hydrogen) atoms. The van der Waals surface area contributed by atoms with E-state index < -0.39 is 0 Å². The Morgan fingerprint density at radius 2 is 2.57 bits per heavy atom. The summed E-state index contributed by atoms with van der Waals surface area (Å²) < 4.78 is 15.3. The van der Waals surface area contributed by atoms with Crippen molar-refractivity contribution in [2.75, 3.05) is 0 Å². The van der Waals surface area contributed by atoms with Gasteiger partial charge in [-0.2, -0.15) is 4.39 Å². The van der Waals surface area contributed by atoms with Crippen molar-refractivity contribution >= 4 is 30.8 Å². The molecule has 0 N–H and O–H groups in total. The second-order valence-electron chi connectivity index (χ2n) is 0.968.